The lowest BCUT2D eigenvalue weighted by molar-refractivity contribution is 0.0426. The lowest BCUT2D eigenvalue weighted by atomic mass is 10.2. The number of furan rings is 1. The first-order valence-corrected chi connectivity index (χ1v) is 6.86. The molecule has 0 saturated carbocycles. The summed E-state index contributed by atoms with van der Waals surface area (Å²) in [6.45, 7) is -0.176. The minimum absolute atomic E-state index is 0.176. The number of carbonyl (C=O) groups is 2. The number of methoxy groups -OCH3 is 1. The predicted octanol–water partition coefficient (Wildman–Crippen LogP) is 2.97. The summed E-state index contributed by atoms with van der Waals surface area (Å²) in [6.07, 6.45) is 1.34. The first-order chi connectivity index (χ1) is 11.2. The van der Waals surface area contributed by atoms with E-state index in [1.54, 1.807) is 12.1 Å². The molecular weight excluding hydrogens is 298 g/mol. The molecule has 0 spiro atoms. The van der Waals surface area contributed by atoms with Crippen molar-refractivity contribution in [2.45, 2.75) is 6.61 Å². The molecule has 2 aromatic heterocycles. The van der Waals surface area contributed by atoms with E-state index in [0.29, 0.717) is 5.52 Å². The fourth-order valence-electron chi connectivity index (χ4n) is 2.13. The van der Waals surface area contributed by atoms with Crippen molar-refractivity contribution in [3.05, 3.63) is 65.7 Å². The Kier molecular flexibility index (Phi) is 4.05. The molecule has 1 aromatic carbocycles. The van der Waals surface area contributed by atoms with Gasteiger partial charge in [-0.05, 0) is 18.2 Å². The van der Waals surface area contributed by atoms with Crippen molar-refractivity contribution in [2.24, 2.45) is 0 Å². The zero-order chi connectivity index (χ0) is 16.2. The van der Waals surface area contributed by atoms with Gasteiger partial charge in [-0.3, -0.25) is 0 Å². The highest BCUT2D eigenvalue weighted by atomic mass is 16.5. The molecule has 0 N–H and O–H groups in total. The number of pyridine rings is 1. The molecular formula is C17H13NO5. The van der Waals surface area contributed by atoms with Crippen molar-refractivity contribution in [2.75, 3.05) is 7.11 Å². The second-order valence-electron chi connectivity index (χ2n) is 4.71. The fraction of sp³-hybridized carbons (Fsp3) is 0.118. The molecule has 0 aliphatic heterocycles. The van der Waals surface area contributed by atoms with Gasteiger partial charge in [-0.1, -0.05) is 24.3 Å². The Hall–Kier alpha value is -3.15. The predicted molar refractivity (Wildman–Crippen MR) is 80.9 cm³/mol. The van der Waals surface area contributed by atoms with E-state index >= 15 is 0 Å². The van der Waals surface area contributed by atoms with Crippen LogP contribution >= 0.6 is 0 Å². The number of ether oxygens (including phenoxy) is 2. The van der Waals surface area contributed by atoms with Gasteiger partial charge in [0.25, 0.3) is 0 Å². The number of benzene rings is 1. The zero-order valence-corrected chi connectivity index (χ0v) is 12.3. The Bertz CT molecular complexity index is 868. The van der Waals surface area contributed by atoms with E-state index < -0.39 is 11.9 Å². The van der Waals surface area contributed by atoms with Crippen LogP contribution in [-0.2, 0) is 16.1 Å². The number of esters is 2. The number of fused-ring (bicyclic) bond motifs is 1. The monoisotopic (exact) mass is 311 g/mol. The summed E-state index contributed by atoms with van der Waals surface area (Å²) in [5.41, 5.74) is 1.12. The van der Waals surface area contributed by atoms with Gasteiger partial charge in [-0.15, -0.1) is 0 Å². The molecule has 3 aromatic rings. The van der Waals surface area contributed by atoms with Gasteiger partial charge in [-0.2, -0.15) is 0 Å². The molecule has 116 valence electrons. The van der Waals surface area contributed by atoms with Gasteiger partial charge < -0.3 is 13.9 Å². The van der Waals surface area contributed by atoms with Gasteiger partial charge in [0.05, 0.1) is 18.9 Å². The van der Waals surface area contributed by atoms with E-state index in [9.17, 15) is 9.59 Å². The molecule has 2 heterocycles. The Labute approximate surface area is 131 Å². The number of hydrogen-bond acceptors (Lipinski definition) is 6. The fourth-order valence-corrected chi connectivity index (χ4v) is 2.13. The van der Waals surface area contributed by atoms with Crippen LogP contribution in [0.4, 0.5) is 0 Å². The van der Waals surface area contributed by atoms with Crippen LogP contribution in [0.15, 0.2) is 53.1 Å². The molecule has 6 heteroatoms. The highest BCUT2D eigenvalue weighted by Gasteiger charge is 2.17. The average molecular weight is 311 g/mol. The Morgan fingerprint density at radius 1 is 1.09 bits per heavy atom. The second-order valence-corrected chi connectivity index (χ2v) is 4.71. The van der Waals surface area contributed by atoms with Crippen LogP contribution in [0.5, 0.6) is 0 Å². The SMILES string of the molecule is COC(=O)c1ccoc1COC(=O)c1ccc2ccccc2n1. The largest absolute Gasteiger partial charge is 0.465 e. The third-order valence-electron chi connectivity index (χ3n) is 3.29. The van der Waals surface area contributed by atoms with E-state index in [2.05, 4.69) is 9.72 Å². The number of nitrogens with zero attached hydrogens (tertiary/aromatic N) is 1. The Balaban J connectivity index is 1.74. The smallest absolute Gasteiger partial charge is 0.357 e. The maximum Gasteiger partial charge on any atom is 0.357 e. The number of para-hydroxylation sites is 1. The highest BCUT2D eigenvalue weighted by molar-refractivity contribution is 5.92. The molecule has 0 amide bonds. The topological polar surface area (TPSA) is 78.6 Å². The van der Waals surface area contributed by atoms with Crippen LogP contribution in [0.1, 0.15) is 26.6 Å². The molecule has 0 saturated heterocycles. The molecule has 6 nitrogen and oxygen atoms in total. The van der Waals surface area contributed by atoms with Crippen molar-refractivity contribution in [1.29, 1.82) is 0 Å². The van der Waals surface area contributed by atoms with Gasteiger partial charge in [0.15, 0.2) is 12.4 Å². The minimum Gasteiger partial charge on any atom is -0.465 e. The summed E-state index contributed by atoms with van der Waals surface area (Å²) in [5, 5.41) is 0.933. The van der Waals surface area contributed by atoms with E-state index in [1.807, 2.05) is 24.3 Å². The molecule has 0 aliphatic carbocycles. The molecule has 0 atom stereocenters. The summed E-state index contributed by atoms with van der Waals surface area (Å²) in [6, 6.07) is 12.3. The molecule has 0 fully saturated rings. The maximum absolute atomic E-state index is 12.1. The van der Waals surface area contributed by atoms with E-state index in [0.717, 1.165) is 5.39 Å². The van der Waals surface area contributed by atoms with Crippen LogP contribution in [0.2, 0.25) is 0 Å². The molecule has 0 aliphatic rings. The van der Waals surface area contributed by atoms with Crippen LogP contribution in [0.3, 0.4) is 0 Å². The average Bonchev–Trinajstić information content (AvgIpc) is 3.07. The van der Waals surface area contributed by atoms with E-state index in [1.165, 1.54) is 19.4 Å². The Morgan fingerprint density at radius 3 is 2.74 bits per heavy atom. The van der Waals surface area contributed by atoms with Crippen molar-refractivity contribution in [1.82, 2.24) is 4.98 Å². The molecule has 0 bridgehead atoms. The third kappa shape index (κ3) is 3.06. The highest BCUT2D eigenvalue weighted by Crippen LogP contribution is 2.15. The summed E-state index contributed by atoms with van der Waals surface area (Å²) >= 11 is 0. The van der Waals surface area contributed by atoms with Crippen molar-refractivity contribution >= 4 is 22.8 Å². The second kappa shape index (κ2) is 6.31. The number of aromatic nitrogens is 1. The molecule has 23 heavy (non-hydrogen) atoms. The lowest BCUT2D eigenvalue weighted by Gasteiger charge is -2.05. The quantitative estimate of drug-likeness (QED) is 0.689. The summed E-state index contributed by atoms with van der Waals surface area (Å²) in [4.78, 5) is 27.9. The number of hydrogen-bond donors (Lipinski definition) is 0. The van der Waals surface area contributed by atoms with Crippen molar-refractivity contribution in [3.8, 4) is 0 Å². The van der Waals surface area contributed by atoms with Crippen molar-refractivity contribution < 1.29 is 23.5 Å². The van der Waals surface area contributed by atoms with Crippen LogP contribution in [0, 0.1) is 0 Å². The van der Waals surface area contributed by atoms with Crippen LogP contribution in [-0.4, -0.2) is 24.0 Å². The van der Waals surface area contributed by atoms with Gasteiger partial charge in [0.2, 0.25) is 0 Å². The summed E-state index contributed by atoms with van der Waals surface area (Å²) in [5.74, 6) is -0.914. The van der Waals surface area contributed by atoms with Gasteiger partial charge in [0, 0.05) is 5.39 Å². The van der Waals surface area contributed by atoms with Gasteiger partial charge in [-0.25, -0.2) is 14.6 Å². The lowest BCUT2D eigenvalue weighted by Crippen LogP contribution is -2.09. The van der Waals surface area contributed by atoms with Crippen LogP contribution < -0.4 is 0 Å². The molecule has 0 radical (unpaired) electrons. The van der Waals surface area contributed by atoms with Crippen LogP contribution in [0.25, 0.3) is 10.9 Å². The maximum atomic E-state index is 12.1. The summed E-state index contributed by atoms with van der Waals surface area (Å²) in [7, 11) is 1.27. The standard InChI is InChI=1S/C17H13NO5/c1-21-16(19)12-8-9-22-15(12)10-23-17(20)14-7-6-11-4-2-3-5-13(11)18-14/h2-9H,10H2,1H3. The Morgan fingerprint density at radius 2 is 1.91 bits per heavy atom. The third-order valence-corrected chi connectivity index (χ3v) is 3.29. The van der Waals surface area contributed by atoms with Crippen molar-refractivity contribution in [3.63, 3.8) is 0 Å². The first-order valence-electron chi connectivity index (χ1n) is 6.86. The zero-order valence-electron chi connectivity index (χ0n) is 12.3. The molecule has 0 unspecified atom stereocenters. The van der Waals surface area contributed by atoms with Gasteiger partial charge in [0.1, 0.15) is 11.3 Å². The first kappa shape index (κ1) is 14.8. The van der Waals surface area contributed by atoms with E-state index in [4.69, 9.17) is 9.15 Å². The molecule has 3 rings (SSSR count). The van der Waals surface area contributed by atoms with Gasteiger partial charge >= 0.3 is 11.9 Å². The number of rotatable bonds is 4. The number of carbonyl (C=O) groups excluding carboxylic acids is 2. The minimum atomic E-state index is -0.594. The van der Waals surface area contributed by atoms with E-state index in [-0.39, 0.29) is 23.6 Å². The summed E-state index contributed by atoms with van der Waals surface area (Å²) < 4.78 is 14.9. The normalized spacial score (nSPS) is 10.5.